The van der Waals surface area contributed by atoms with E-state index in [2.05, 4.69) is 21.2 Å². The maximum Gasteiger partial charge on any atom is 0.244 e. The molecule has 0 aliphatic heterocycles. The second kappa shape index (κ2) is 11.8. The molecule has 0 saturated heterocycles. The first-order valence-corrected chi connectivity index (χ1v) is 13.8. The highest BCUT2D eigenvalue weighted by Crippen LogP contribution is 2.24. The Morgan fingerprint density at radius 1 is 1.03 bits per heavy atom. The van der Waals surface area contributed by atoms with Crippen LogP contribution in [0.4, 0.5) is 5.69 Å². The van der Waals surface area contributed by atoms with Gasteiger partial charge in [-0.3, -0.25) is 13.9 Å². The number of nitrogens with one attached hydrogen (secondary N) is 1. The number of aryl methyl sites for hydroxylation is 2. The van der Waals surface area contributed by atoms with Crippen molar-refractivity contribution in [3.05, 3.63) is 63.6 Å². The molecular weight excluding hydrogens is 518 g/mol. The number of hydrogen-bond acceptors (Lipinski definition) is 4. The molecule has 2 aromatic rings. The van der Waals surface area contributed by atoms with Gasteiger partial charge in [-0.2, -0.15) is 0 Å². The summed E-state index contributed by atoms with van der Waals surface area (Å²) >= 11 is 3.40. The Balaban J connectivity index is 2.39. The van der Waals surface area contributed by atoms with E-state index in [-0.39, 0.29) is 18.4 Å². The molecule has 7 nitrogen and oxygen atoms in total. The molecule has 0 bridgehead atoms. The fraction of sp³-hybridized carbons (Fsp3) is 0.440. The lowest BCUT2D eigenvalue weighted by Crippen LogP contribution is -2.51. The molecule has 0 aliphatic rings. The number of sulfonamides is 1. The van der Waals surface area contributed by atoms with Gasteiger partial charge in [0.05, 0.1) is 11.9 Å². The van der Waals surface area contributed by atoms with Crippen molar-refractivity contribution < 1.29 is 18.0 Å². The highest BCUT2D eigenvalue weighted by molar-refractivity contribution is 9.10. The molecule has 9 heteroatoms. The van der Waals surface area contributed by atoms with Gasteiger partial charge >= 0.3 is 0 Å². The summed E-state index contributed by atoms with van der Waals surface area (Å²) in [5.74, 6) is -0.478. The summed E-state index contributed by atoms with van der Waals surface area (Å²) in [4.78, 5) is 27.8. The Labute approximate surface area is 211 Å². The van der Waals surface area contributed by atoms with Gasteiger partial charge in [0.2, 0.25) is 21.8 Å². The molecule has 1 atom stereocenters. The van der Waals surface area contributed by atoms with Crippen molar-refractivity contribution in [3.8, 4) is 0 Å². The zero-order valence-corrected chi connectivity index (χ0v) is 23.0. The average Bonchev–Trinajstić information content (AvgIpc) is 2.74. The van der Waals surface area contributed by atoms with Crippen LogP contribution in [-0.4, -0.2) is 50.5 Å². The smallest absolute Gasteiger partial charge is 0.244 e. The van der Waals surface area contributed by atoms with Crippen LogP contribution in [0.3, 0.4) is 0 Å². The van der Waals surface area contributed by atoms with E-state index in [0.717, 1.165) is 31.7 Å². The molecule has 0 aliphatic carbocycles. The second-order valence-corrected chi connectivity index (χ2v) is 11.8. The SMILES string of the molecule is Cc1ccc(N(CC(=O)N(Cc2ccc(Br)cc2)[C@@H](C)C(=O)NCC(C)C)S(C)(=O)=O)c(C)c1. The Bertz CT molecular complexity index is 1120. The number of nitrogens with zero attached hydrogens (tertiary/aromatic N) is 2. The third kappa shape index (κ3) is 7.84. The number of carbonyl (C=O) groups excluding carboxylic acids is 2. The van der Waals surface area contributed by atoms with Crippen molar-refractivity contribution in [3.63, 3.8) is 0 Å². The highest BCUT2D eigenvalue weighted by atomic mass is 79.9. The Kier molecular flexibility index (Phi) is 9.70. The quantitative estimate of drug-likeness (QED) is 0.483. The van der Waals surface area contributed by atoms with Gasteiger partial charge < -0.3 is 10.2 Å². The minimum absolute atomic E-state index is 0.173. The molecule has 0 saturated carbocycles. The Hall–Kier alpha value is -2.39. The number of anilines is 1. The molecule has 0 heterocycles. The predicted molar refractivity (Wildman–Crippen MR) is 140 cm³/mol. The molecule has 34 heavy (non-hydrogen) atoms. The van der Waals surface area contributed by atoms with Crippen LogP contribution < -0.4 is 9.62 Å². The van der Waals surface area contributed by atoms with E-state index in [4.69, 9.17) is 0 Å². The van der Waals surface area contributed by atoms with E-state index in [0.29, 0.717) is 12.2 Å². The number of benzene rings is 2. The zero-order valence-electron chi connectivity index (χ0n) is 20.6. The first kappa shape index (κ1) is 27.9. The molecular formula is C25H34BrN3O4S. The van der Waals surface area contributed by atoms with Crippen LogP contribution in [-0.2, 0) is 26.2 Å². The molecule has 1 N–H and O–H groups in total. The van der Waals surface area contributed by atoms with Crippen LogP contribution in [0, 0.1) is 19.8 Å². The molecule has 0 unspecified atom stereocenters. The normalized spacial score (nSPS) is 12.4. The van der Waals surface area contributed by atoms with Crippen molar-refractivity contribution >= 4 is 43.5 Å². The third-order valence-corrected chi connectivity index (χ3v) is 7.07. The van der Waals surface area contributed by atoms with Crippen LogP contribution in [0.2, 0.25) is 0 Å². The van der Waals surface area contributed by atoms with Gasteiger partial charge in [0.25, 0.3) is 0 Å². The molecule has 0 spiro atoms. The molecule has 2 rings (SSSR count). The number of amides is 2. The Morgan fingerprint density at radius 2 is 1.65 bits per heavy atom. The predicted octanol–water partition coefficient (Wildman–Crippen LogP) is 4.02. The van der Waals surface area contributed by atoms with Crippen molar-refractivity contribution in [2.24, 2.45) is 5.92 Å². The van der Waals surface area contributed by atoms with Crippen LogP contribution in [0.1, 0.15) is 37.5 Å². The van der Waals surface area contributed by atoms with E-state index in [1.807, 2.05) is 64.1 Å². The zero-order chi connectivity index (χ0) is 25.6. The topological polar surface area (TPSA) is 86.8 Å². The van der Waals surface area contributed by atoms with Gasteiger partial charge in [-0.05, 0) is 56.0 Å². The lowest BCUT2D eigenvalue weighted by atomic mass is 10.1. The van der Waals surface area contributed by atoms with E-state index in [1.54, 1.807) is 13.0 Å². The lowest BCUT2D eigenvalue weighted by Gasteiger charge is -2.32. The maximum atomic E-state index is 13.5. The average molecular weight is 553 g/mol. The van der Waals surface area contributed by atoms with Crippen molar-refractivity contribution in [1.29, 1.82) is 0 Å². The summed E-state index contributed by atoms with van der Waals surface area (Å²) in [7, 11) is -3.75. The van der Waals surface area contributed by atoms with Crippen LogP contribution in [0.25, 0.3) is 0 Å². The summed E-state index contributed by atoms with van der Waals surface area (Å²) in [6, 6.07) is 12.1. The second-order valence-electron chi connectivity index (χ2n) is 9.02. The molecule has 2 aromatic carbocycles. The maximum absolute atomic E-state index is 13.5. The van der Waals surface area contributed by atoms with Crippen molar-refractivity contribution in [2.75, 3.05) is 23.7 Å². The summed E-state index contributed by atoms with van der Waals surface area (Å²) in [6.45, 7) is 9.63. The molecule has 186 valence electrons. The van der Waals surface area contributed by atoms with E-state index in [9.17, 15) is 18.0 Å². The van der Waals surface area contributed by atoms with E-state index < -0.39 is 28.5 Å². The van der Waals surface area contributed by atoms with Gasteiger partial charge in [0, 0.05) is 17.6 Å². The minimum Gasteiger partial charge on any atom is -0.354 e. The van der Waals surface area contributed by atoms with E-state index in [1.165, 1.54) is 4.90 Å². The van der Waals surface area contributed by atoms with Crippen LogP contribution >= 0.6 is 15.9 Å². The monoisotopic (exact) mass is 551 g/mol. The molecule has 0 radical (unpaired) electrons. The minimum atomic E-state index is -3.75. The standard InChI is InChI=1S/C25H34BrN3O4S/c1-17(2)14-27-25(31)20(5)28(15-21-8-10-22(26)11-9-21)24(30)16-29(34(6,32)33)23-12-7-18(3)13-19(23)4/h7-13,17,20H,14-16H2,1-6H3,(H,27,31)/t20-/m0/s1. The highest BCUT2D eigenvalue weighted by Gasteiger charge is 2.30. The lowest BCUT2D eigenvalue weighted by molar-refractivity contribution is -0.139. The van der Waals surface area contributed by atoms with E-state index >= 15 is 0 Å². The summed E-state index contributed by atoms with van der Waals surface area (Å²) in [5, 5.41) is 2.87. The van der Waals surface area contributed by atoms with Crippen molar-refractivity contribution in [1.82, 2.24) is 10.2 Å². The fourth-order valence-electron chi connectivity index (χ4n) is 3.50. The van der Waals surface area contributed by atoms with Crippen LogP contribution in [0.5, 0.6) is 0 Å². The molecule has 0 fully saturated rings. The number of carbonyl (C=O) groups is 2. The van der Waals surface area contributed by atoms with Gasteiger partial charge in [-0.25, -0.2) is 8.42 Å². The third-order valence-electron chi connectivity index (χ3n) is 5.42. The van der Waals surface area contributed by atoms with Gasteiger partial charge in [0.1, 0.15) is 12.6 Å². The summed E-state index contributed by atoms with van der Waals surface area (Å²) < 4.78 is 27.4. The first-order valence-electron chi connectivity index (χ1n) is 11.2. The number of rotatable bonds is 10. The van der Waals surface area contributed by atoms with Crippen molar-refractivity contribution in [2.45, 2.75) is 47.2 Å². The Morgan fingerprint density at radius 3 is 2.18 bits per heavy atom. The van der Waals surface area contributed by atoms with Gasteiger partial charge in [-0.15, -0.1) is 0 Å². The molecule has 0 aromatic heterocycles. The summed E-state index contributed by atoms with van der Waals surface area (Å²) in [5.41, 5.74) is 3.02. The fourth-order valence-corrected chi connectivity index (χ4v) is 4.67. The molecule has 2 amide bonds. The van der Waals surface area contributed by atoms with Crippen LogP contribution in [0.15, 0.2) is 46.9 Å². The first-order chi connectivity index (χ1) is 15.8. The number of halogens is 1. The van der Waals surface area contributed by atoms with Gasteiger partial charge in [0.15, 0.2) is 0 Å². The van der Waals surface area contributed by atoms with Gasteiger partial charge in [-0.1, -0.05) is 59.6 Å². The summed E-state index contributed by atoms with van der Waals surface area (Å²) in [6.07, 6.45) is 1.08. The largest absolute Gasteiger partial charge is 0.354 e. The number of hydrogen-bond donors (Lipinski definition) is 1.